The van der Waals surface area contributed by atoms with Crippen LogP contribution in [-0.4, -0.2) is 94.1 Å². The number of carbonyl (C=O) groups is 4. The molecule has 8 rings (SSSR count). The standard InChI is InChI=1S/C42H46N8O6.C3H8.C2H2.CH4/c1-4-50(36(52)24-44-41(54)56-3)42(18-6-19-42)39-46-31-16-13-28(22-33(31)47-39)26-10-8-25(9-11-26)27-12-15-30-29(21-27)14-17-32-37(30)48-38(45-32)34-7-5-20-49(34)35(51)23-43-40(53)55-2;1-3-2;1-2;/h8-13,15-16,21-22,34H,4-7,14,17-20,23-24H2,1-3H3,(H,43,53)(H,44,54)(H,45,48)(H,46,47);3H2,1-2H3;1-2H;1H4/t34-;;;/m0.../s1. The molecular formula is C48H60N8O6. The van der Waals surface area contributed by atoms with Crippen molar-refractivity contribution < 1.29 is 28.7 Å². The van der Waals surface area contributed by atoms with Crippen LogP contribution in [-0.2, 0) is 37.4 Å². The Morgan fingerprint density at radius 2 is 1.44 bits per heavy atom. The van der Waals surface area contributed by atoms with Crippen molar-refractivity contribution in [2.24, 2.45) is 0 Å². The van der Waals surface area contributed by atoms with Crippen molar-refractivity contribution in [1.29, 1.82) is 0 Å². The lowest BCUT2D eigenvalue weighted by Gasteiger charge is -2.48. The molecule has 1 atom stereocenters. The van der Waals surface area contributed by atoms with Crippen molar-refractivity contribution in [1.82, 2.24) is 40.4 Å². The van der Waals surface area contributed by atoms with Crippen molar-refractivity contribution in [2.45, 2.75) is 91.1 Å². The molecule has 3 aliphatic rings. The van der Waals surface area contributed by atoms with Gasteiger partial charge in [0.2, 0.25) is 11.8 Å². The van der Waals surface area contributed by atoms with Gasteiger partial charge in [-0.1, -0.05) is 76.2 Å². The Morgan fingerprint density at radius 1 is 0.823 bits per heavy atom. The first-order chi connectivity index (χ1) is 29.6. The third-order valence-corrected chi connectivity index (χ3v) is 11.6. The van der Waals surface area contributed by atoms with E-state index >= 15 is 0 Å². The minimum absolute atomic E-state index is 0. The van der Waals surface area contributed by atoms with Gasteiger partial charge in [-0.05, 0) is 91.8 Å². The van der Waals surface area contributed by atoms with Crippen LogP contribution in [0.3, 0.4) is 0 Å². The lowest BCUT2D eigenvalue weighted by atomic mass is 9.74. The number of imidazole rings is 2. The molecule has 1 saturated carbocycles. The molecule has 0 radical (unpaired) electrons. The van der Waals surface area contributed by atoms with Gasteiger partial charge in [0.05, 0.1) is 37.0 Å². The molecule has 4 N–H and O–H groups in total. The quantitative estimate of drug-likeness (QED) is 0.102. The second-order valence-corrected chi connectivity index (χ2v) is 15.4. The van der Waals surface area contributed by atoms with Gasteiger partial charge in [0, 0.05) is 24.3 Å². The number of ether oxygens (including phenoxy) is 2. The van der Waals surface area contributed by atoms with Gasteiger partial charge >= 0.3 is 12.2 Å². The van der Waals surface area contributed by atoms with Gasteiger partial charge in [-0.2, -0.15) is 0 Å². The number of terminal acetylenes is 1. The molecule has 5 aromatic rings. The molecular weight excluding hydrogens is 785 g/mol. The number of hydrogen-bond donors (Lipinski definition) is 4. The number of hydrogen-bond acceptors (Lipinski definition) is 8. The highest BCUT2D eigenvalue weighted by atomic mass is 16.5. The summed E-state index contributed by atoms with van der Waals surface area (Å²) in [6.45, 7) is 7.07. The number of benzene rings is 3. The fourth-order valence-electron chi connectivity index (χ4n) is 8.58. The highest BCUT2D eigenvalue weighted by Gasteiger charge is 2.48. The summed E-state index contributed by atoms with van der Waals surface area (Å²) in [6, 6.07) is 21.2. The van der Waals surface area contributed by atoms with Gasteiger partial charge < -0.3 is 39.9 Å². The Labute approximate surface area is 364 Å². The normalized spacial score (nSPS) is 15.4. The molecule has 2 fully saturated rings. The molecule has 4 amide bonds. The SMILES string of the molecule is C.C#C.CCC.CCN(C(=O)CNC(=O)OC)C1(c2nc3ccc(-c4ccc(-c5ccc6c(c5)CCc5[nH]c([C@@H]7CCCN7C(=O)CNC(=O)OC)nc5-6)cc4)cc3[nH]2)CCC1. The molecule has 14 nitrogen and oxygen atoms in total. The molecule has 2 aliphatic carbocycles. The van der Waals surface area contributed by atoms with E-state index < -0.39 is 17.7 Å². The highest BCUT2D eigenvalue weighted by molar-refractivity contribution is 5.85. The first-order valence-corrected chi connectivity index (χ1v) is 21.0. The number of nitrogens with one attached hydrogen (secondary N) is 4. The van der Waals surface area contributed by atoms with Crippen LogP contribution in [0.4, 0.5) is 9.59 Å². The largest absolute Gasteiger partial charge is 0.453 e. The van der Waals surface area contributed by atoms with Gasteiger partial charge in [-0.15, -0.1) is 12.8 Å². The first-order valence-electron chi connectivity index (χ1n) is 21.0. The molecule has 1 saturated heterocycles. The summed E-state index contributed by atoms with van der Waals surface area (Å²) in [5, 5.41) is 5.01. The fourth-order valence-corrected chi connectivity index (χ4v) is 8.58. The summed E-state index contributed by atoms with van der Waals surface area (Å²) in [4.78, 5) is 70.0. The lowest BCUT2D eigenvalue weighted by molar-refractivity contribution is -0.141. The monoisotopic (exact) mass is 844 g/mol. The molecule has 62 heavy (non-hydrogen) atoms. The Hall–Kier alpha value is -6.62. The van der Waals surface area contributed by atoms with Crippen molar-refractivity contribution in [3.05, 3.63) is 83.6 Å². The maximum absolute atomic E-state index is 13.2. The highest BCUT2D eigenvalue weighted by Crippen LogP contribution is 2.46. The van der Waals surface area contributed by atoms with E-state index in [1.807, 2.05) is 17.9 Å². The molecule has 328 valence electrons. The number of aromatic amines is 2. The van der Waals surface area contributed by atoms with Crippen LogP contribution in [0.25, 0.3) is 44.5 Å². The number of nitrogens with zero attached hydrogens (tertiary/aromatic N) is 4. The smallest absolute Gasteiger partial charge is 0.407 e. The maximum atomic E-state index is 13.2. The summed E-state index contributed by atoms with van der Waals surface area (Å²) >= 11 is 0. The van der Waals surface area contributed by atoms with E-state index in [0.717, 1.165) is 107 Å². The Kier molecular flexibility index (Phi) is 15.6. The molecule has 1 aliphatic heterocycles. The zero-order valence-corrected chi connectivity index (χ0v) is 35.7. The van der Waals surface area contributed by atoms with Crippen LogP contribution >= 0.6 is 0 Å². The van der Waals surface area contributed by atoms with Crippen LogP contribution in [0.1, 0.15) is 95.7 Å². The number of amides is 4. The summed E-state index contributed by atoms with van der Waals surface area (Å²) in [7, 11) is 2.55. The van der Waals surface area contributed by atoms with E-state index in [-0.39, 0.29) is 38.4 Å². The number of aryl methyl sites for hydroxylation is 2. The Bertz CT molecular complexity index is 2380. The zero-order valence-electron chi connectivity index (χ0n) is 35.7. The van der Waals surface area contributed by atoms with Crippen LogP contribution < -0.4 is 10.6 Å². The van der Waals surface area contributed by atoms with Crippen LogP contribution in [0.15, 0.2) is 60.7 Å². The number of carbonyl (C=O) groups excluding carboxylic acids is 4. The summed E-state index contributed by atoms with van der Waals surface area (Å²) in [5.41, 5.74) is 9.98. The van der Waals surface area contributed by atoms with Crippen LogP contribution in [0.5, 0.6) is 0 Å². The second kappa shape index (κ2) is 20.8. The van der Waals surface area contributed by atoms with Crippen molar-refractivity contribution in [3.8, 4) is 46.4 Å². The van der Waals surface area contributed by atoms with E-state index in [1.54, 1.807) is 4.90 Å². The Morgan fingerprint density at radius 3 is 2.05 bits per heavy atom. The average Bonchev–Trinajstić information content (AvgIpc) is 4.05. The van der Waals surface area contributed by atoms with E-state index in [0.29, 0.717) is 13.1 Å². The minimum Gasteiger partial charge on any atom is -0.453 e. The zero-order chi connectivity index (χ0) is 43.7. The summed E-state index contributed by atoms with van der Waals surface area (Å²) < 4.78 is 9.26. The van der Waals surface area contributed by atoms with Gasteiger partial charge in [0.15, 0.2) is 0 Å². The molecule has 14 heteroatoms. The van der Waals surface area contributed by atoms with Gasteiger partial charge in [0.25, 0.3) is 0 Å². The van der Waals surface area contributed by atoms with E-state index in [1.165, 1.54) is 26.2 Å². The molecule has 3 aromatic carbocycles. The summed E-state index contributed by atoms with van der Waals surface area (Å²) in [6.07, 6.45) is 14.0. The third kappa shape index (κ3) is 9.47. The average molecular weight is 845 g/mol. The van der Waals surface area contributed by atoms with Crippen molar-refractivity contribution in [3.63, 3.8) is 0 Å². The van der Waals surface area contributed by atoms with Crippen LogP contribution in [0.2, 0.25) is 0 Å². The number of rotatable bonds is 10. The minimum atomic E-state index is -0.634. The molecule has 0 spiro atoms. The van der Waals surface area contributed by atoms with E-state index in [9.17, 15) is 19.2 Å². The fraction of sp³-hybridized carbons (Fsp3) is 0.417. The third-order valence-electron chi connectivity index (χ3n) is 11.6. The predicted molar refractivity (Wildman–Crippen MR) is 242 cm³/mol. The second-order valence-electron chi connectivity index (χ2n) is 15.4. The van der Waals surface area contributed by atoms with Gasteiger partial charge in [0.1, 0.15) is 30.3 Å². The number of methoxy groups -OCH3 is 2. The topological polar surface area (TPSA) is 175 Å². The molecule has 0 bridgehead atoms. The Balaban J connectivity index is 0.00000116. The predicted octanol–water partition coefficient (Wildman–Crippen LogP) is 8.29. The van der Waals surface area contributed by atoms with E-state index in [4.69, 9.17) is 9.97 Å². The molecule has 2 aromatic heterocycles. The number of H-pyrrole nitrogens is 2. The number of aromatic nitrogens is 4. The number of likely N-dealkylation sites (tertiary alicyclic amines) is 1. The maximum Gasteiger partial charge on any atom is 0.407 e. The number of likely N-dealkylation sites (N-methyl/N-ethyl adjacent to an activating group) is 1. The van der Waals surface area contributed by atoms with Crippen LogP contribution in [0, 0.1) is 12.8 Å². The van der Waals surface area contributed by atoms with Gasteiger partial charge in [-0.3, -0.25) is 9.59 Å². The number of fused-ring (bicyclic) bond motifs is 4. The van der Waals surface area contributed by atoms with Gasteiger partial charge in [-0.25, -0.2) is 19.6 Å². The summed E-state index contributed by atoms with van der Waals surface area (Å²) in [5.74, 6) is 1.23. The number of alkyl carbamates (subject to hydrolysis) is 2. The van der Waals surface area contributed by atoms with E-state index in [2.05, 4.69) is 111 Å². The molecule has 0 unspecified atom stereocenters. The molecule has 3 heterocycles. The van der Waals surface area contributed by atoms with Crippen molar-refractivity contribution >= 4 is 35.0 Å². The van der Waals surface area contributed by atoms with Crippen molar-refractivity contribution in [2.75, 3.05) is 40.4 Å². The first kappa shape index (κ1) is 46.4. The lowest BCUT2D eigenvalue weighted by Crippen LogP contribution is -2.56.